The van der Waals surface area contributed by atoms with Crippen molar-refractivity contribution in [2.24, 2.45) is 0 Å². The number of hydrogen-bond acceptors (Lipinski definition) is 2. The van der Waals surface area contributed by atoms with E-state index in [1.807, 2.05) is 12.1 Å². The van der Waals surface area contributed by atoms with Gasteiger partial charge in [-0.15, -0.1) is 0 Å². The maximum absolute atomic E-state index is 12.0. The topological polar surface area (TPSA) is 41.1 Å². The summed E-state index contributed by atoms with van der Waals surface area (Å²) in [5.41, 5.74) is 3.18. The van der Waals surface area contributed by atoms with Crippen LogP contribution in [0.5, 0.6) is 0 Å². The van der Waals surface area contributed by atoms with Crippen LogP contribution in [0.2, 0.25) is 0 Å². The van der Waals surface area contributed by atoms with E-state index in [1.54, 1.807) is 0 Å². The molecule has 2 rings (SSSR count). The molecule has 1 aromatic carbocycles. The molecular formula is C14H20N2O. The van der Waals surface area contributed by atoms with Gasteiger partial charge in [0.15, 0.2) is 0 Å². The van der Waals surface area contributed by atoms with Gasteiger partial charge in [0.25, 0.3) is 5.91 Å². The van der Waals surface area contributed by atoms with Crippen molar-refractivity contribution in [1.29, 1.82) is 0 Å². The highest BCUT2D eigenvalue weighted by Gasteiger charge is 2.14. The minimum Gasteiger partial charge on any atom is -0.384 e. The van der Waals surface area contributed by atoms with Crippen LogP contribution in [-0.2, 0) is 6.42 Å². The van der Waals surface area contributed by atoms with Crippen LogP contribution in [0.3, 0.4) is 0 Å². The third-order valence-corrected chi connectivity index (χ3v) is 3.40. The summed E-state index contributed by atoms with van der Waals surface area (Å²) in [6.07, 6.45) is 3.01. The van der Waals surface area contributed by atoms with Crippen LogP contribution in [-0.4, -0.2) is 18.5 Å². The van der Waals surface area contributed by atoms with Crippen LogP contribution in [0.4, 0.5) is 5.69 Å². The quantitative estimate of drug-likeness (QED) is 0.837. The summed E-state index contributed by atoms with van der Waals surface area (Å²) in [5.74, 6) is 0.0372. The van der Waals surface area contributed by atoms with Crippen molar-refractivity contribution in [2.75, 3.05) is 11.9 Å². The highest BCUT2D eigenvalue weighted by molar-refractivity contribution is 5.95. The first-order valence-corrected chi connectivity index (χ1v) is 6.42. The molecule has 92 valence electrons. The SMILES string of the molecule is CCC(CC)NC(=O)c1ccc2c(c1)NCC2. The van der Waals surface area contributed by atoms with Gasteiger partial charge in [-0.2, -0.15) is 0 Å². The number of anilines is 1. The summed E-state index contributed by atoms with van der Waals surface area (Å²) < 4.78 is 0. The van der Waals surface area contributed by atoms with Crippen LogP contribution < -0.4 is 10.6 Å². The molecule has 1 aliphatic heterocycles. The lowest BCUT2D eigenvalue weighted by molar-refractivity contribution is 0.0935. The van der Waals surface area contributed by atoms with Crippen molar-refractivity contribution in [3.63, 3.8) is 0 Å². The van der Waals surface area contributed by atoms with Gasteiger partial charge in [0, 0.05) is 23.8 Å². The van der Waals surface area contributed by atoms with Crippen molar-refractivity contribution in [3.8, 4) is 0 Å². The molecular weight excluding hydrogens is 212 g/mol. The molecule has 0 spiro atoms. The van der Waals surface area contributed by atoms with Gasteiger partial charge in [0.2, 0.25) is 0 Å². The maximum atomic E-state index is 12.0. The van der Waals surface area contributed by atoms with Gasteiger partial charge < -0.3 is 10.6 Å². The Kier molecular flexibility index (Phi) is 3.67. The van der Waals surface area contributed by atoms with E-state index in [4.69, 9.17) is 0 Å². The molecule has 0 aromatic heterocycles. The molecule has 0 bridgehead atoms. The molecule has 1 heterocycles. The predicted molar refractivity (Wildman–Crippen MR) is 70.5 cm³/mol. The predicted octanol–water partition coefficient (Wildman–Crippen LogP) is 2.57. The number of benzene rings is 1. The Bertz CT molecular complexity index is 411. The average Bonchev–Trinajstić information content (AvgIpc) is 2.82. The highest BCUT2D eigenvalue weighted by Crippen LogP contribution is 2.23. The van der Waals surface area contributed by atoms with Crippen LogP contribution in [0.15, 0.2) is 18.2 Å². The number of rotatable bonds is 4. The Balaban J connectivity index is 2.09. The molecule has 0 fully saturated rings. The molecule has 3 heteroatoms. The maximum Gasteiger partial charge on any atom is 0.251 e. The number of amides is 1. The summed E-state index contributed by atoms with van der Waals surface area (Å²) in [4.78, 5) is 12.0. The van der Waals surface area contributed by atoms with Gasteiger partial charge in [-0.05, 0) is 37.0 Å². The first-order chi connectivity index (χ1) is 8.24. The summed E-state index contributed by atoms with van der Waals surface area (Å²) in [6.45, 7) is 5.17. The molecule has 0 atom stereocenters. The average molecular weight is 232 g/mol. The van der Waals surface area contributed by atoms with Crippen LogP contribution in [0, 0.1) is 0 Å². The Morgan fingerprint density at radius 3 is 2.88 bits per heavy atom. The largest absolute Gasteiger partial charge is 0.384 e. The zero-order chi connectivity index (χ0) is 12.3. The summed E-state index contributed by atoms with van der Waals surface area (Å²) in [6, 6.07) is 6.21. The Morgan fingerprint density at radius 1 is 1.41 bits per heavy atom. The van der Waals surface area contributed by atoms with Crippen molar-refractivity contribution in [2.45, 2.75) is 39.2 Å². The van der Waals surface area contributed by atoms with Crippen LogP contribution in [0.25, 0.3) is 0 Å². The molecule has 0 saturated heterocycles. The summed E-state index contributed by atoms with van der Waals surface area (Å²) in [7, 11) is 0. The minimum atomic E-state index is 0.0372. The van der Waals surface area contributed by atoms with Crippen molar-refractivity contribution in [3.05, 3.63) is 29.3 Å². The second-order valence-corrected chi connectivity index (χ2v) is 4.54. The number of hydrogen-bond donors (Lipinski definition) is 2. The Hall–Kier alpha value is -1.51. The van der Waals surface area contributed by atoms with Crippen molar-refractivity contribution < 1.29 is 4.79 Å². The van der Waals surface area contributed by atoms with Crippen LogP contribution in [0.1, 0.15) is 42.6 Å². The van der Waals surface area contributed by atoms with Gasteiger partial charge in [-0.1, -0.05) is 19.9 Å². The molecule has 0 aliphatic carbocycles. The van der Waals surface area contributed by atoms with E-state index in [-0.39, 0.29) is 11.9 Å². The van der Waals surface area contributed by atoms with Gasteiger partial charge in [0.05, 0.1) is 0 Å². The normalized spacial score (nSPS) is 13.4. The smallest absolute Gasteiger partial charge is 0.251 e. The van der Waals surface area contributed by atoms with Crippen LogP contribution >= 0.6 is 0 Å². The lowest BCUT2D eigenvalue weighted by Crippen LogP contribution is -2.33. The molecule has 3 nitrogen and oxygen atoms in total. The van der Waals surface area contributed by atoms with E-state index in [1.165, 1.54) is 5.56 Å². The van der Waals surface area contributed by atoms with E-state index in [2.05, 4.69) is 30.5 Å². The van der Waals surface area contributed by atoms with E-state index >= 15 is 0 Å². The standard InChI is InChI=1S/C14H20N2O/c1-3-12(4-2)16-14(17)11-6-5-10-7-8-15-13(10)9-11/h5-6,9,12,15H,3-4,7-8H2,1-2H3,(H,16,17). The van der Waals surface area contributed by atoms with Gasteiger partial charge in [-0.25, -0.2) is 0 Å². The lowest BCUT2D eigenvalue weighted by atomic mass is 10.1. The molecule has 0 saturated carbocycles. The third-order valence-electron chi connectivity index (χ3n) is 3.40. The lowest BCUT2D eigenvalue weighted by Gasteiger charge is -2.15. The number of carbonyl (C=O) groups excluding carboxylic acids is 1. The van der Waals surface area contributed by atoms with E-state index in [0.717, 1.165) is 37.1 Å². The molecule has 1 amide bonds. The van der Waals surface area contributed by atoms with Gasteiger partial charge in [-0.3, -0.25) is 4.79 Å². The van der Waals surface area contributed by atoms with E-state index < -0.39 is 0 Å². The molecule has 1 aromatic rings. The fourth-order valence-electron chi connectivity index (χ4n) is 2.19. The summed E-state index contributed by atoms with van der Waals surface area (Å²) >= 11 is 0. The first-order valence-electron chi connectivity index (χ1n) is 6.42. The molecule has 0 radical (unpaired) electrons. The zero-order valence-electron chi connectivity index (χ0n) is 10.5. The number of carbonyl (C=O) groups is 1. The zero-order valence-corrected chi connectivity index (χ0v) is 10.5. The summed E-state index contributed by atoms with van der Waals surface area (Å²) in [5, 5.41) is 6.35. The number of nitrogens with one attached hydrogen (secondary N) is 2. The Morgan fingerprint density at radius 2 is 2.18 bits per heavy atom. The Labute approximate surface area is 103 Å². The van der Waals surface area contributed by atoms with E-state index in [9.17, 15) is 4.79 Å². The molecule has 1 aliphatic rings. The van der Waals surface area contributed by atoms with Crippen molar-refractivity contribution >= 4 is 11.6 Å². The second-order valence-electron chi connectivity index (χ2n) is 4.54. The van der Waals surface area contributed by atoms with E-state index in [0.29, 0.717) is 0 Å². The monoisotopic (exact) mass is 232 g/mol. The molecule has 2 N–H and O–H groups in total. The molecule has 17 heavy (non-hydrogen) atoms. The fraction of sp³-hybridized carbons (Fsp3) is 0.500. The second kappa shape index (κ2) is 5.21. The van der Waals surface area contributed by atoms with Gasteiger partial charge >= 0.3 is 0 Å². The highest BCUT2D eigenvalue weighted by atomic mass is 16.1. The molecule has 0 unspecified atom stereocenters. The van der Waals surface area contributed by atoms with Crippen molar-refractivity contribution in [1.82, 2.24) is 5.32 Å². The minimum absolute atomic E-state index is 0.0372. The van der Waals surface area contributed by atoms with Gasteiger partial charge in [0.1, 0.15) is 0 Å². The fourth-order valence-corrected chi connectivity index (χ4v) is 2.19. The first kappa shape index (κ1) is 12.0. The third kappa shape index (κ3) is 2.60. The number of fused-ring (bicyclic) bond motifs is 1.